The molecule has 0 amide bonds. The molecule has 0 aliphatic rings. The van der Waals surface area contributed by atoms with Crippen molar-refractivity contribution in [2.45, 2.75) is 6.61 Å². The van der Waals surface area contributed by atoms with Crippen molar-refractivity contribution in [3.05, 3.63) is 23.8 Å². The highest BCUT2D eigenvalue weighted by atomic mass is 19.3. The first kappa shape index (κ1) is 9.57. The molecule has 0 N–H and O–H groups in total. The molecule has 0 bridgehead atoms. The van der Waals surface area contributed by atoms with Crippen LogP contribution in [0.3, 0.4) is 0 Å². The number of alkyl halides is 2. The van der Waals surface area contributed by atoms with E-state index in [0.29, 0.717) is 17.4 Å². The van der Waals surface area contributed by atoms with Crippen LogP contribution in [0.15, 0.2) is 22.6 Å². The predicted octanol–water partition coefficient (Wildman–Crippen LogP) is 2.24. The van der Waals surface area contributed by atoms with Crippen molar-refractivity contribution in [2.75, 3.05) is 0 Å². The molecule has 0 aliphatic heterocycles. The van der Waals surface area contributed by atoms with Crippen molar-refractivity contribution in [1.82, 2.24) is 4.98 Å². The topological polar surface area (TPSA) is 52.3 Å². The van der Waals surface area contributed by atoms with Gasteiger partial charge in [0.25, 0.3) is 0 Å². The molecule has 0 aliphatic carbocycles. The molecule has 78 valence electrons. The van der Waals surface area contributed by atoms with E-state index in [1.54, 1.807) is 0 Å². The minimum Gasteiger partial charge on any atom is -0.409 e. The van der Waals surface area contributed by atoms with Crippen molar-refractivity contribution in [1.29, 1.82) is 0 Å². The lowest BCUT2D eigenvalue weighted by molar-refractivity contribution is -0.0664. The average molecular weight is 213 g/mol. The van der Waals surface area contributed by atoms with E-state index in [0.717, 1.165) is 0 Å². The smallest absolute Gasteiger partial charge is 0.399 e. The zero-order chi connectivity index (χ0) is 10.8. The molecule has 0 saturated heterocycles. The minimum absolute atomic E-state index is 0.232. The van der Waals surface area contributed by atoms with Gasteiger partial charge in [-0.2, -0.15) is 13.8 Å². The molecule has 0 fully saturated rings. The third-order valence-corrected chi connectivity index (χ3v) is 1.72. The Balaban J connectivity index is 2.42. The van der Waals surface area contributed by atoms with Crippen LogP contribution in [-0.2, 0) is 0 Å². The van der Waals surface area contributed by atoms with E-state index in [1.807, 2.05) is 0 Å². The number of nitrogens with zero attached hydrogens (tertiary/aromatic N) is 1. The van der Waals surface area contributed by atoms with E-state index in [9.17, 15) is 13.6 Å². The molecule has 6 heteroatoms. The second kappa shape index (κ2) is 3.64. The van der Waals surface area contributed by atoms with Crippen molar-refractivity contribution in [3.8, 4) is 6.08 Å². The summed E-state index contributed by atoms with van der Waals surface area (Å²) >= 11 is 0. The number of halogens is 2. The van der Waals surface area contributed by atoms with Crippen LogP contribution in [0.5, 0.6) is 6.08 Å². The van der Waals surface area contributed by atoms with Crippen molar-refractivity contribution in [3.63, 3.8) is 0 Å². The Morgan fingerprint density at radius 1 is 1.47 bits per heavy atom. The van der Waals surface area contributed by atoms with Gasteiger partial charge < -0.3 is 9.15 Å². The maximum absolute atomic E-state index is 11.8. The highest BCUT2D eigenvalue weighted by Gasteiger charge is 2.11. The van der Waals surface area contributed by atoms with Crippen LogP contribution in [0.25, 0.3) is 11.1 Å². The first-order chi connectivity index (χ1) is 7.19. The zero-order valence-corrected chi connectivity index (χ0v) is 7.31. The van der Waals surface area contributed by atoms with Crippen LogP contribution >= 0.6 is 0 Å². The number of hydrogen-bond donors (Lipinski definition) is 0. The average Bonchev–Trinajstić information content (AvgIpc) is 2.57. The number of hydrogen-bond acceptors (Lipinski definition) is 4. The van der Waals surface area contributed by atoms with Crippen LogP contribution < -0.4 is 4.74 Å². The second-order valence-electron chi connectivity index (χ2n) is 2.70. The highest BCUT2D eigenvalue weighted by molar-refractivity contribution is 5.83. The molecule has 1 aromatic carbocycles. The van der Waals surface area contributed by atoms with Crippen molar-refractivity contribution < 1.29 is 22.7 Å². The second-order valence-corrected chi connectivity index (χ2v) is 2.70. The molecular formula is C9H5F2NO3. The van der Waals surface area contributed by atoms with Crippen molar-refractivity contribution in [2.24, 2.45) is 0 Å². The molecule has 0 unspecified atom stereocenters. The Hall–Kier alpha value is -1.98. The fraction of sp³-hybridized carbons (Fsp3) is 0.111. The number of benzene rings is 1. The zero-order valence-electron chi connectivity index (χ0n) is 7.31. The van der Waals surface area contributed by atoms with Gasteiger partial charge in [0.1, 0.15) is 11.8 Å². The van der Waals surface area contributed by atoms with Crippen LogP contribution in [0.4, 0.5) is 8.78 Å². The van der Waals surface area contributed by atoms with Gasteiger partial charge in [-0.15, -0.1) is 0 Å². The minimum atomic E-state index is -2.98. The van der Waals surface area contributed by atoms with Crippen LogP contribution in [0.2, 0.25) is 0 Å². The molecule has 1 heterocycles. The Morgan fingerprint density at radius 2 is 2.27 bits per heavy atom. The number of oxazole rings is 1. The standard InChI is InChI=1S/C9H5F2NO3/c10-8(11)15-9-12-6-2-1-5(4-13)3-7(6)14-9/h1-4,8H. The van der Waals surface area contributed by atoms with E-state index >= 15 is 0 Å². The number of aromatic nitrogens is 1. The van der Waals surface area contributed by atoms with Gasteiger partial charge in [0.15, 0.2) is 5.58 Å². The lowest BCUT2D eigenvalue weighted by atomic mass is 10.2. The van der Waals surface area contributed by atoms with Gasteiger partial charge in [-0.05, 0) is 18.2 Å². The fourth-order valence-corrected chi connectivity index (χ4v) is 1.12. The monoisotopic (exact) mass is 213 g/mol. The van der Waals surface area contributed by atoms with Gasteiger partial charge >= 0.3 is 12.7 Å². The third kappa shape index (κ3) is 1.93. The quantitative estimate of drug-likeness (QED) is 0.733. The third-order valence-electron chi connectivity index (χ3n) is 1.72. The Labute approximate surface area is 82.5 Å². The highest BCUT2D eigenvalue weighted by Crippen LogP contribution is 2.22. The Morgan fingerprint density at radius 3 is 2.93 bits per heavy atom. The van der Waals surface area contributed by atoms with E-state index in [2.05, 4.69) is 9.72 Å². The lowest BCUT2D eigenvalue weighted by Crippen LogP contribution is -2.01. The molecule has 0 atom stereocenters. The molecular weight excluding hydrogens is 208 g/mol. The van der Waals surface area contributed by atoms with Crippen LogP contribution in [0.1, 0.15) is 10.4 Å². The number of carbonyl (C=O) groups is 1. The molecule has 1 aromatic heterocycles. The van der Waals surface area contributed by atoms with Gasteiger partial charge in [-0.25, -0.2) is 0 Å². The molecule has 15 heavy (non-hydrogen) atoms. The van der Waals surface area contributed by atoms with Crippen molar-refractivity contribution >= 4 is 17.4 Å². The van der Waals surface area contributed by atoms with Gasteiger partial charge in [0.05, 0.1) is 0 Å². The summed E-state index contributed by atoms with van der Waals surface area (Å²) in [5.74, 6) is 0. The van der Waals surface area contributed by atoms with E-state index < -0.39 is 12.7 Å². The summed E-state index contributed by atoms with van der Waals surface area (Å²) in [6.07, 6.45) is 0.110. The van der Waals surface area contributed by atoms with Gasteiger partial charge in [-0.1, -0.05) is 0 Å². The summed E-state index contributed by atoms with van der Waals surface area (Å²) < 4.78 is 32.5. The lowest BCUT2D eigenvalue weighted by Gasteiger charge is -1.94. The Kier molecular flexibility index (Phi) is 2.32. The molecule has 2 aromatic rings. The van der Waals surface area contributed by atoms with E-state index in [1.165, 1.54) is 18.2 Å². The maximum Gasteiger partial charge on any atom is 0.399 e. The molecule has 4 nitrogen and oxygen atoms in total. The van der Waals surface area contributed by atoms with Gasteiger partial charge in [0, 0.05) is 5.56 Å². The van der Waals surface area contributed by atoms with Crippen LogP contribution in [-0.4, -0.2) is 17.9 Å². The van der Waals surface area contributed by atoms with Gasteiger partial charge in [0.2, 0.25) is 0 Å². The largest absolute Gasteiger partial charge is 0.409 e. The number of ether oxygens (including phenoxy) is 1. The maximum atomic E-state index is 11.8. The predicted molar refractivity (Wildman–Crippen MR) is 46.0 cm³/mol. The summed E-state index contributed by atoms with van der Waals surface area (Å²) in [5, 5.41) is 0. The fourth-order valence-electron chi connectivity index (χ4n) is 1.12. The Bertz CT molecular complexity index is 495. The van der Waals surface area contributed by atoms with Gasteiger partial charge in [-0.3, -0.25) is 4.79 Å². The summed E-state index contributed by atoms with van der Waals surface area (Å²) in [5.41, 5.74) is 0.966. The number of aldehydes is 1. The first-order valence-electron chi connectivity index (χ1n) is 3.99. The number of carbonyl (C=O) groups excluding carboxylic acids is 1. The van der Waals surface area contributed by atoms with E-state index in [4.69, 9.17) is 4.42 Å². The molecule has 0 radical (unpaired) electrons. The first-order valence-corrected chi connectivity index (χ1v) is 3.99. The normalized spacial score (nSPS) is 10.9. The molecule has 2 rings (SSSR count). The van der Waals surface area contributed by atoms with Crippen LogP contribution in [0, 0.1) is 0 Å². The SMILES string of the molecule is O=Cc1ccc2nc(OC(F)F)oc2c1. The summed E-state index contributed by atoms with van der Waals surface area (Å²) in [4.78, 5) is 14.1. The summed E-state index contributed by atoms with van der Waals surface area (Å²) in [7, 11) is 0. The number of rotatable bonds is 3. The number of fused-ring (bicyclic) bond motifs is 1. The molecule has 0 spiro atoms. The summed E-state index contributed by atoms with van der Waals surface area (Å²) in [6.45, 7) is -2.98. The summed E-state index contributed by atoms with van der Waals surface area (Å²) in [6, 6.07) is 4.39. The van der Waals surface area contributed by atoms with E-state index in [-0.39, 0.29) is 5.58 Å². The molecule has 0 saturated carbocycles.